The largest absolute Gasteiger partial charge is 0.389 e. The summed E-state index contributed by atoms with van der Waals surface area (Å²) in [7, 11) is 4.06. The number of benzene rings is 3. The Morgan fingerprint density at radius 2 is 1.78 bits per heavy atom. The summed E-state index contributed by atoms with van der Waals surface area (Å²) in [5.41, 5.74) is 5.27. The molecule has 0 aromatic heterocycles. The Hall–Kier alpha value is -4.59. The zero-order chi connectivity index (χ0) is 45.6. The van der Waals surface area contributed by atoms with Crippen LogP contribution in [0.25, 0.3) is 11.1 Å². The first kappa shape index (κ1) is 48.9. The molecule has 6 rings (SSSR count). The number of hydrogen-bond donors (Lipinski definition) is 3. The highest BCUT2D eigenvalue weighted by molar-refractivity contribution is 8.03. The average molecular weight is 891 g/mol. The van der Waals surface area contributed by atoms with Gasteiger partial charge in [-0.1, -0.05) is 104 Å². The third-order valence-electron chi connectivity index (χ3n) is 12.9. The summed E-state index contributed by atoms with van der Waals surface area (Å²) in [5.74, 6) is -0.193. The number of hydrogen-bond acceptors (Lipinski definition) is 10. The zero-order valence-electron chi connectivity index (χ0n) is 38.6. The van der Waals surface area contributed by atoms with Gasteiger partial charge in [0.25, 0.3) is 0 Å². The van der Waals surface area contributed by atoms with E-state index in [1.807, 2.05) is 32.3 Å². The lowest BCUT2D eigenvalue weighted by molar-refractivity contribution is -0.528. The number of carbonyl (C=O) groups excluding carboxylic acids is 2. The summed E-state index contributed by atoms with van der Waals surface area (Å²) in [4.78, 5) is 47.8. The molecular formula is C52H70N6O5S. The van der Waals surface area contributed by atoms with Gasteiger partial charge in [0, 0.05) is 85.1 Å². The minimum absolute atomic E-state index is 0.0411. The summed E-state index contributed by atoms with van der Waals surface area (Å²) in [5, 5.41) is 31.2. The minimum Gasteiger partial charge on any atom is -0.389 e. The highest BCUT2D eigenvalue weighted by atomic mass is 32.2. The van der Waals surface area contributed by atoms with Crippen molar-refractivity contribution >= 4 is 34.8 Å². The first-order valence-electron chi connectivity index (χ1n) is 23.3. The van der Waals surface area contributed by atoms with E-state index in [0.29, 0.717) is 17.7 Å². The number of anilines is 2. The van der Waals surface area contributed by atoms with Crippen LogP contribution in [0.1, 0.15) is 93.1 Å². The molecule has 3 aromatic carbocycles. The molecule has 3 N–H and O–H groups in total. The number of amides is 1. The number of aliphatic hydroxyl groups is 1. The maximum absolute atomic E-state index is 14.1. The quantitative estimate of drug-likeness (QED) is 0.0295. The van der Waals surface area contributed by atoms with Crippen LogP contribution >= 0.6 is 11.8 Å². The molecule has 3 aromatic rings. The molecule has 0 spiro atoms. The Morgan fingerprint density at radius 1 is 1.02 bits per heavy atom. The van der Waals surface area contributed by atoms with Crippen LogP contribution in [-0.2, 0) is 11.3 Å². The minimum atomic E-state index is -1.54. The highest BCUT2D eigenvalue weighted by Gasteiger charge is 2.43. The van der Waals surface area contributed by atoms with Crippen molar-refractivity contribution in [1.29, 1.82) is 0 Å². The molecule has 344 valence electrons. The van der Waals surface area contributed by atoms with E-state index in [4.69, 9.17) is 0 Å². The lowest BCUT2D eigenvalue weighted by Crippen LogP contribution is -2.53. The van der Waals surface area contributed by atoms with Crippen molar-refractivity contribution in [3.8, 4) is 11.1 Å². The molecular weight excluding hydrogens is 821 g/mol. The van der Waals surface area contributed by atoms with Crippen molar-refractivity contribution in [1.82, 2.24) is 15.1 Å². The summed E-state index contributed by atoms with van der Waals surface area (Å²) < 4.78 is 0. The van der Waals surface area contributed by atoms with Gasteiger partial charge in [-0.3, -0.25) is 24.6 Å². The lowest BCUT2D eigenvalue weighted by Gasteiger charge is -2.37. The maximum Gasteiger partial charge on any atom is 0.232 e. The second-order valence-corrected chi connectivity index (χ2v) is 19.5. The van der Waals surface area contributed by atoms with E-state index in [9.17, 15) is 24.8 Å². The molecule has 0 bridgehead atoms. The molecule has 11 nitrogen and oxygen atoms in total. The van der Waals surface area contributed by atoms with Gasteiger partial charge in [0.1, 0.15) is 0 Å². The van der Waals surface area contributed by atoms with E-state index in [-0.39, 0.29) is 35.5 Å². The number of ketones is 1. The summed E-state index contributed by atoms with van der Waals surface area (Å²) in [6.45, 7) is 10.7. The molecule has 1 aliphatic heterocycles. The molecule has 5 atom stereocenters. The van der Waals surface area contributed by atoms with E-state index in [2.05, 4.69) is 106 Å². The predicted octanol–water partition coefficient (Wildman–Crippen LogP) is 9.29. The van der Waals surface area contributed by atoms with E-state index in [1.165, 1.54) is 27.2 Å². The number of aryl methyl sites for hydroxylation is 1. The van der Waals surface area contributed by atoms with Gasteiger partial charge in [0.2, 0.25) is 11.9 Å². The Bertz CT molecular complexity index is 2130. The van der Waals surface area contributed by atoms with Gasteiger partial charge in [0.05, 0.1) is 23.0 Å². The molecule has 12 heteroatoms. The van der Waals surface area contributed by atoms with Crippen molar-refractivity contribution in [3.05, 3.63) is 129 Å². The highest BCUT2D eigenvalue weighted by Crippen LogP contribution is 2.36. The third-order valence-corrected chi connectivity index (χ3v) is 14.1. The number of nitro groups is 1. The second-order valence-electron chi connectivity index (χ2n) is 18.4. The van der Waals surface area contributed by atoms with Gasteiger partial charge < -0.3 is 25.5 Å². The van der Waals surface area contributed by atoms with Crippen molar-refractivity contribution in [3.63, 3.8) is 0 Å². The molecule has 3 unspecified atom stereocenters. The average Bonchev–Trinajstić information content (AvgIpc) is 3.28. The Morgan fingerprint density at radius 3 is 2.48 bits per heavy atom. The van der Waals surface area contributed by atoms with Gasteiger partial charge >= 0.3 is 0 Å². The van der Waals surface area contributed by atoms with Gasteiger partial charge in [0.15, 0.2) is 5.78 Å². The number of unbranched alkanes of at least 4 members (excludes halogenated alkanes) is 2. The molecule has 2 aliphatic carbocycles. The number of thioether (sulfide) groups is 1. The standard InChI is InChI=1S/C52H70N6O5S/c1-6-7-9-18-51(60)54-47-33-40(23-26-48(47)57-31-29-56(30-32-57)36-41-14-12-13-17-45(41)39-21-19-38(2)20-22-39)50(59)35-52(3,61)42-24-25-46(49(34-42)58(62)63)53-43(27-28-55(4)5)37-64-44-15-10-8-11-16-44/h10,12-17,19-26,33,42-43,46,49,53,61H,6-9,11,18,27-32,34-37H2,1-5H3,(H,54,60)/t42?,43-,46?,49?,52-/m1/s1. The number of carbonyl (C=O) groups is 2. The van der Waals surface area contributed by atoms with Crippen molar-refractivity contribution in [2.75, 3.05) is 62.8 Å². The number of nitrogens with one attached hydrogen (secondary N) is 2. The normalized spacial score (nSPS) is 20.5. The summed E-state index contributed by atoms with van der Waals surface area (Å²) in [6, 6.07) is 21.3. The van der Waals surface area contributed by atoms with Gasteiger partial charge in [-0.2, -0.15) is 0 Å². The first-order chi connectivity index (χ1) is 30.8. The molecule has 1 fully saturated rings. The number of Topliss-reactive ketones (excluding diaryl/α,β-unsaturated/α-hetero) is 1. The zero-order valence-corrected chi connectivity index (χ0v) is 39.5. The SMILES string of the molecule is CCCCCC(=O)Nc1cc(C(=O)C[C@@](C)(O)C2C=CC(N[C@H](CCN(C)C)CSC3=CCCC=C3)C([N+](=O)[O-])C2)ccc1N1CCN(Cc2ccccc2-c2ccc(C)cc2)CC1. The third kappa shape index (κ3) is 14.0. The van der Waals surface area contributed by atoms with Crippen LogP contribution in [0.5, 0.6) is 0 Å². The van der Waals surface area contributed by atoms with E-state index >= 15 is 0 Å². The van der Waals surface area contributed by atoms with Crippen LogP contribution in [0.4, 0.5) is 11.4 Å². The van der Waals surface area contributed by atoms with E-state index in [0.717, 1.165) is 89.2 Å². The molecule has 1 amide bonds. The van der Waals surface area contributed by atoms with E-state index < -0.39 is 23.6 Å². The van der Waals surface area contributed by atoms with Crippen LogP contribution in [0.3, 0.4) is 0 Å². The summed E-state index contributed by atoms with van der Waals surface area (Å²) >= 11 is 1.78. The van der Waals surface area contributed by atoms with Crippen LogP contribution in [0.15, 0.2) is 102 Å². The maximum atomic E-state index is 14.1. The number of allylic oxidation sites excluding steroid dienone is 3. The van der Waals surface area contributed by atoms with Crippen molar-refractivity contribution in [2.45, 2.75) is 109 Å². The fourth-order valence-electron chi connectivity index (χ4n) is 8.96. The van der Waals surface area contributed by atoms with Crippen molar-refractivity contribution < 1.29 is 19.6 Å². The Balaban J connectivity index is 1.13. The molecule has 0 saturated carbocycles. The predicted molar refractivity (Wildman–Crippen MR) is 264 cm³/mol. The van der Waals surface area contributed by atoms with Gasteiger partial charge in [-0.25, -0.2) is 0 Å². The molecule has 64 heavy (non-hydrogen) atoms. The van der Waals surface area contributed by atoms with Crippen LogP contribution in [0.2, 0.25) is 0 Å². The molecule has 3 aliphatic rings. The Labute approximate surface area is 385 Å². The lowest BCUT2D eigenvalue weighted by atomic mass is 9.75. The number of nitrogens with zero attached hydrogens (tertiary/aromatic N) is 4. The monoisotopic (exact) mass is 891 g/mol. The van der Waals surface area contributed by atoms with Crippen LogP contribution < -0.4 is 15.5 Å². The second kappa shape index (κ2) is 23.6. The smallest absolute Gasteiger partial charge is 0.232 e. The number of rotatable bonds is 22. The molecule has 1 heterocycles. The number of piperazine rings is 1. The fourth-order valence-corrected chi connectivity index (χ4v) is 10.0. The van der Waals surface area contributed by atoms with Crippen LogP contribution in [0, 0.1) is 23.0 Å². The first-order valence-corrected chi connectivity index (χ1v) is 24.3. The van der Waals surface area contributed by atoms with Crippen LogP contribution in [-0.4, -0.2) is 108 Å². The van der Waals surface area contributed by atoms with Crippen molar-refractivity contribution in [2.24, 2.45) is 5.92 Å². The molecule has 0 radical (unpaired) electrons. The van der Waals surface area contributed by atoms with Gasteiger partial charge in [-0.15, -0.1) is 11.8 Å². The van der Waals surface area contributed by atoms with E-state index in [1.54, 1.807) is 30.8 Å². The Kier molecular flexibility index (Phi) is 18.0. The summed E-state index contributed by atoms with van der Waals surface area (Å²) in [6.07, 6.45) is 16.2. The van der Waals surface area contributed by atoms with Gasteiger partial charge in [-0.05, 0) is 95.1 Å². The molecule has 1 saturated heterocycles. The fraction of sp³-hybridized carbons (Fsp3) is 0.500. The topological polar surface area (TPSA) is 131 Å².